The van der Waals surface area contributed by atoms with Gasteiger partial charge in [-0.1, -0.05) is 19.1 Å². The molecule has 2 aromatic carbocycles. The Bertz CT molecular complexity index is 1390. The number of aromatic nitrogens is 2. The molecule has 0 atom stereocenters. The summed E-state index contributed by atoms with van der Waals surface area (Å²) in [6.45, 7) is 7.31. The first-order valence-corrected chi connectivity index (χ1v) is 12.1. The van der Waals surface area contributed by atoms with Crippen molar-refractivity contribution in [3.8, 4) is 17.0 Å². The maximum atomic E-state index is 12.3. The Hall–Kier alpha value is -4.11. The van der Waals surface area contributed by atoms with Gasteiger partial charge in [-0.05, 0) is 48.5 Å². The Morgan fingerprint density at radius 3 is 2.47 bits per heavy atom. The zero-order valence-corrected chi connectivity index (χ0v) is 20.6. The second kappa shape index (κ2) is 9.87. The smallest absolute Gasteiger partial charge is 0.280 e. The summed E-state index contributed by atoms with van der Waals surface area (Å²) in [7, 11) is 1.63. The van der Waals surface area contributed by atoms with Crippen molar-refractivity contribution in [2.75, 3.05) is 50.5 Å². The van der Waals surface area contributed by atoms with Crippen molar-refractivity contribution in [2.24, 2.45) is 0 Å². The molecule has 2 N–H and O–H groups in total. The van der Waals surface area contributed by atoms with Crippen LogP contribution >= 0.6 is 0 Å². The number of ether oxygens (including phenoxy) is 1. The van der Waals surface area contributed by atoms with Crippen molar-refractivity contribution >= 4 is 28.1 Å². The van der Waals surface area contributed by atoms with Gasteiger partial charge in [0, 0.05) is 49.9 Å². The molecule has 0 amide bonds. The van der Waals surface area contributed by atoms with E-state index in [9.17, 15) is 10.1 Å². The monoisotopic (exact) mass is 486 g/mol. The van der Waals surface area contributed by atoms with Crippen LogP contribution in [0.2, 0.25) is 0 Å². The Morgan fingerprint density at radius 2 is 1.81 bits per heavy atom. The van der Waals surface area contributed by atoms with Gasteiger partial charge >= 0.3 is 0 Å². The number of nitro groups is 1. The number of nitrogens with two attached hydrogens (primary N) is 1. The minimum absolute atomic E-state index is 0.0881. The van der Waals surface area contributed by atoms with Crippen molar-refractivity contribution in [1.29, 1.82) is 0 Å². The Kier molecular flexibility index (Phi) is 6.47. The first kappa shape index (κ1) is 23.6. The molecule has 186 valence electrons. The molecule has 3 heterocycles. The predicted octanol–water partition coefficient (Wildman–Crippen LogP) is 4.39. The molecule has 0 saturated carbocycles. The molecule has 36 heavy (non-hydrogen) atoms. The van der Waals surface area contributed by atoms with Crippen LogP contribution in [-0.2, 0) is 6.54 Å². The van der Waals surface area contributed by atoms with Crippen LogP contribution in [0.25, 0.3) is 22.2 Å². The van der Waals surface area contributed by atoms with Gasteiger partial charge in [0.05, 0.1) is 35.0 Å². The number of anilines is 2. The summed E-state index contributed by atoms with van der Waals surface area (Å²) in [5.41, 5.74) is 10.1. The van der Waals surface area contributed by atoms with E-state index < -0.39 is 0 Å². The van der Waals surface area contributed by atoms with E-state index in [-0.39, 0.29) is 10.6 Å². The molecule has 0 aliphatic carbocycles. The highest BCUT2D eigenvalue weighted by atomic mass is 16.6. The van der Waals surface area contributed by atoms with Crippen molar-refractivity contribution in [3.05, 3.63) is 76.5 Å². The number of benzene rings is 2. The number of nitro benzene ring substituents is 1. The van der Waals surface area contributed by atoms with Crippen molar-refractivity contribution in [3.63, 3.8) is 0 Å². The molecule has 1 saturated heterocycles. The van der Waals surface area contributed by atoms with E-state index >= 15 is 0 Å². The maximum absolute atomic E-state index is 12.3. The molecule has 5 rings (SSSR count). The van der Waals surface area contributed by atoms with Gasteiger partial charge in [0.15, 0.2) is 0 Å². The Labute approximate surface area is 209 Å². The topological polar surface area (TPSA) is 103 Å². The quantitative estimate of drug-likeness (QED) is 0.305. The second-order valence-electron chi connectivity index (χ2n) is 9.01. The highest BCUT2D eigenvalue weighted by Gasteiger charge is 2.24. The second-order valence-corrected chi connectivity index (χ2v) is 9.01. The van der Waals surface area contributed by atoms with Gasteiger partial charge in [-0.3, -0.25) is 10.1 Å². The Balaban J connectivity index is 1.58. The molecule has 0 spiro atoms. The van der Waals surface area contributed by atoms with Crippen LogP contribution in [-0.4, -0.2) is 59.2 Å². The predicted molar refractivity (Wildman–Crippen MR) is 143 cm³/mol. The molecule has 1 fully saturated rings. The largest absolute Gasteiger partial charge is 0.497 e. The minimum atomic E-state index is -0.289. The fraction of sp³-hybridized carbons (Fsp3) is 0.296. The third kappa shape index (κ3) is 4.57. The summed E-state index contributed by atoms with van der Waals surface area (Å²) in [6.07, 6.45) is 1.73. The molecular weight excluding hydrogens is 456 g/mol. The molecular formula is C27H30N6O3. The van der Waals surface area contributed by atoms with Crippen LogP contribution in [0.1, 0.15) is 12.5 Å². The van der Waals surface area contributed by atoms with Gasteiger partial charge in [0.2, 0.25) is 0 Å². The standard InChI is InChI=1S/C27H30N6O3/c1-3-30-10-12-31(13-11-30)21-6-9-23(25(16-21)33(34)35)24-14-20-15-27(28)29-17-26(20)32(24)18-19-4-7-22(36-2)8-5-19/h4-9,14-17H,3,10-13,18H2,1-2H3,(H2,28,29). The average Bonchev–Trinajstić information content (AvgIpc) is 3.25. The molecule has 4 aromatic rings. The van der Waals surface area contributed by atoms with E-state index in [4.69, 9.17) is 10.5 Å². The van der Waals surface area contributed by atoms with Crippen LogP contribution in [0, 0.1) is 10.1 Å². The molecule has 0 bridgehead atoms. The highest BCUT2D eigenvalue weighted by Crippen LogP contribution is 2.37. The number of fused-ring (bicyclic) bond motifs is 1. The molecule has 1 aliphatic rings. The van der Waals surface area contributed by atoms with E-state index in [1.807, 2.05) is 42.5 Å². The summed E-state index contributed by atoms with van der Waals surface area (Å²) in [6, 6.07) is 17.1. The number of likely N-dealkylation sites (N-methyl/N-ethyl adjacent to an activating group) is 1. The lowest BCUT2D eigenvalue weighted by Gasteiger charge is -2.35. The number of piperazine rings is 1. The summed E-state index contributed by atoms with van der Waals surface area (Å²) in [4.78, 5) is 20.9. The lowest BCUT2D eigenvalue weighted by Crippen LogP contribution is -2.46. The van der Waals surface area contributed by atoms with Gasteiger partial charge in [0.1, 0.15) is 11.6 Å². The van der Waals surface area contributed by atoms with Crippen LogP contribution < -0.4 is 15.4 Å². The SMILES string of the molecule is CCN1CCN(c2ccc(-c3cc4cc(N)ncc4n3Cc3ccc(OC)cc3)c([N+](=O)[O-])c2)CC1. The zero-order valence-electron chi connectivity index (χ0n) is 20.6. The number of pyridine rings is 1. The highest BCUT2D eigenvalue weighted by molar-refractivity contribution is 5.90. The van der Waals surface area contributed by atoms with Crippen molar-refractivity contribution in [1.82, 2.24) is 14.5 Å². The van der Waals surface area contributed by atoms with Gasteiger partial charge < -0.3 is 24.8 Å². The van der Waals surface area contributed by atoms with Crippen LogP contribution in [0.5, 0.6) is 5.75 Å². The normalized spacial score (nSPS) is 14.3. The summed E-state index contributed by atoms with van der Waals surface area (Å²) >= 11 is 0. The lowest BCUT2D eigenvalue weighted by molar-refractivity contribution is -0.384. The molecule has 1 aliphatic heterocycles. The van der Waals surface area contributed by atoms with Gasteiger partial charge in [-0.2, -0.15) is 0 Å². The molecule has 0 unspecified atom stereocenters. The number of hydrogen-bond acceptors (Lipinski definition) is 7. The van der Waals surface area contributed by atoms with Gasteiger partial charge in [-0.15, -0.1) is 0 Å². The third-order valence-electron chi connectivity index (χ3n) is 6.95. The molecule has 2 aromatic heterocycles. The van der Waals surface area contributed by atoms with Gasteiger partial charge in [0.25, 0.3) is 5.69 Å². The van der Waals surface area contributed by atoms with Crippen LogP contribution in [0.15, 0.2) is 60.8 Å². The average molecular weight is 487 g/mol. The zero-order chi connectivity index (χ0) is 25.2. The van der Waals surface area contributed by atoms with E-state index in [1.165, 1.54) is 0 Å². The van der Waals surface area contributed by atoms with E-state index in [0.29, 0.717) is 17.9 Å². The van der Waals surface area contributed by atoms with Crippen molar-refractivity contribution < 1.29 is 9.66 Å². The number of hydrogen-bond donors (Lipinski definition) is 1. The fourth-order valence-corrected chi connectivity index (χ4v) is 4.89. The molecule has 0 radical (unpaired) electrons. The third-order valence-corrected chi connectivity index (χ3v) is 6.95. The number of nitrogen functional groups attached to an aromatic ring is 1. The molecule has 9 heteroatoms. The summed E-state index contributed by atoms with van der Waals surface area (Å²) in [5.74, 6) is 1.18. The van der Waals surface area contributed by atoms with E-state index in [2.05, 4.69) is 26.3 Å². The van der Waals surface area contributed by atoms with Crippen molar-refractivity contribution in [2.45, 2.75) is 13.5 Å². The molecule has 9 nitrogen and oxygen atoms in total. The Morgan fingerprint density at radius 1 is 1.06 bits per heavy atom. The van der Waals surface area contributed by atoms with E-state index in [1.54, 1.807) is 25.4 Å². The fourth-order valence-electron chi connectivity index (χ4n) is 4.89. The summed E-state index contributed by atoms with van der Waals surface area (Å²) in [5, 5.41) is 13.2. The maximum Gasteiger partial charge on any atom is 0.280 e. The first-order chi connectivity index (χ1) is 17.5. The number of rotatable bonds is 7. The van der Waals surface area contributed by atoms with Gasteiger partial charge in [-0.25, -0.2) is 4.98 Å². The summed E-state index contributed by atoms with van der Waals surface area (Å²) < 4.78 is 7.35. The van der Waals surface area contributed by atoms with Crippen LogP contribution in [0.4, 0.5) is 17.2 Å². The van der Waals surface area contributed by atoms with E-state index in [0.717, 1.165) is 66.3 Å². The number of nitrogens with zero attached hydrogens (tertiary/aromatic N) is 5. The first-order valence-electron chi connectivity index (χ1n) is 12.1. The lowest BCUT2D eigenvalue weighted by atomic mass is 10.1. The van der Waals surface area contributed by atoms with Crippen LogP contribution in [0.3, 0.4) is 0 Å². The minimum Gasteiger partial charge on any atom is -0.497 e. The number of methoxy groups -OCH3 is 1.